The molecule has 0 fully saturated rings. The minimum absolute atomic E-state index is 0.0952. The highest BCUT2D eigenvalue weighted by Gasteiger charge is 2.18. The summed E-state index contributed by atoms with van der Waals surface area (Å²) in [5.74, 6) is -0.931. The number of hydrogen-bond donors (Lipinski definition) is 1. The lowest BCUT2D eigenvalue weighted by atomic mass is 10.2. The Morgan fingerprint density at radius 1 is 1.25 bits per heavy atom. The van der Waals surface area contributed by atoms with E-state index in [2.05, 4.69) is 0 Å². The maximum atomic E-state index is 11.7. The number of carboxylic acid groups (broad SMARTS) is 1. The highest BCUT2D eigenvalue weighted by atomic mass is 32.2. The molecule has 1 aromatic carbocycles. The van der Waals surface area contributed by atoms with Gasteiger partial charge in [0.2, 0.25) is 0 Å². The van der Waals surface area contributed by atoms with Gasteiger partial charge in [0.1, 0.15) is 0 Å². The first-order chi connectivity index (χ1) is 7.34. The van der Waals surface area contributed by atoms with Crippen LogP contribution in [0.3, 0.4) is 0 Å². The summed E-state index contributed by atoms with van der Waals surface area (Å²) in [4.78, 5) is 10.7. The minimum atomic E-state index is -3.27. The number of hydrogen-bond acceptors (Lipinski definition) is 3. The largest absolute Gasteiger partial charge is 0.481 e. The lowest BCUT2D eigenvalue weighted by Crippen LogP contribution is -2.14. The van der Waals surface area contributed by atoms with Crippen LogP contribution < -0.4 is 0 Å². The van der Waals surface area contributed by atoms with Crippen LogP contribution in [0.15, 0.2) is 29.2 Å². The van der Waals surface area contributed by atoms with Gasteiger partial charge in [0, 0.05) is 0 Å². The van der Waals surface area contributed by atoms with E-state index >= 15 is 0 Å². The van der Waals surface area contributed by atoms with Crippen molar-refractivity contribution < 1.29 is 18.3 Å². The van der Waals surface area contributed by atoms with Crippen LogP contribution in [0.2, 0.25) is 0 Å². The first-order valence-electron chi connectivity index (χ1n) is 4.88. The molecular weight excluding hydrogens is 228 g/mol. The van der Waals surface area contributed by atoms with Crippen molar-refractivity contribution in [3.8, 4) is 0 Å². The summed E-state index contributed by atoms with van der Waals surface area (Å²) in [5, 5.41) is 8.09. The molecule has 0 unspecified atom stereocenters. The van der Waals surface area contributed by atoms with Gasteiger partial charge in [-0.2, -0.15) is 0 Å². The smallest absolute Gasteiger partial charge is 0.307 e. The van der Waals surface area contributed by atoms with E-state index in [9.17, 15) is 13.2 Å². The van der Waals surface area contributed by atoms with Crippen molar-refractivity contribution >= 4 is 15.8 Å². The fourth-order valence-corrected chi connectivity index (χ4v) is 2.30. The Kier molecular flexibility index (Phi) is 3.70. The number of rotatable bonds is 4. The molecule has 1 aromatic rings. The molecule has 4 nitrogen and oxygen atoms in total. The predicted octanol–water partition coefficient (Wildman–Crippen LogP) is 1.50. The molecule has 1 N–H and O–H groups in total. The second kappa shape index (κ2) is 4.65. The average molecular weight is 242 g/mol. The number of carbonyl (C=O) groups is 1. The molecule has 16 heavy (non-hydrogen) atoms. The Morgan fingerprint density at radius 2 is 1.75 bits per heavy atom. The fourth-order valence-electron chi connectivity index (χ4n) is 1.24. The quantitative estimate of drug-likeness (QED) is 0.868. The molecule has 0 spiro atoms. The Hall–Kier alpha value is -1.36. The second-order valence-corrected chi connectivity index (χ2v) is 6.31. The highest BCUT2D eigenvalue weighted by Crippen LogP contribution is 2.16. The van der Waals surface area contributed by atoms with E-state index in [0.717, 1.165) is 0 Å². The number of carboxylic acids is 1. The topological polar surface area (TPSA) is 71.4 Å². The van der Waals surface area contributed by atoms with Gasteiger partial charge in [-0.15, -0.1) is 0 Å². The van der Waals surface area contributed by atoms with Crippen molar-refractivity contribution in [2.24, 2.45) is 0 Å². The zero-order chi connectivity index (χ0) is 12.3. The van der Waals surface area contributed by atoms with Gasteiger partial charge in [0.25, 0.3) is 0 Å². The Morgan fingerprint density at radius 3 is 2.12 bits per heavy atom. The van der Waals surface area contributed by atoms with Crippen molar-refractivity contribution in [3.63, 3.8) is 0 Å². The van der Waals surface area contributed by atoms with E-state index in [1.807, 2.05) is 0 Å². The predicted molar refractivity (Wildman–Crippen MR) is 60.1 cm³/mol. The van der Waals surface area contributed by atoms with Gasteiger partial charge in [-0.3, -0.25) is 4.79 Å². The van der Waals surface area contributed by atoms with E-state index in [-0.39, 0.29) is 11.3 Å². The molecule has 0 saturated carbocycles. The van der Waals surface area contributed by atoms with Crippen LogP contribution in [-0.4, -0.2) is 24.7 Å². The summed E-state index contributed by atoms with van der Waals surface area (Å²) in [6.07, 6.45) is -0.0952. The summed E-state index contributed by atoms with van der Waals surface area (Å²) in [5.41, 5.74) is 0.593. The molecule has 88 valence electrons. The number of aliphatic carboxylic acids is 1. The van der Waals surface area contributed by atoms with Gasteiger partial charge < -0.3 is 5.11 Å². The molecule has 0 radical (unpaired) electrons. The fraction of sp³-hybridized carbons (Fsp3) is 0.364. The van der Waals surface area contributed by atoms with Gasteiger partial charge in [0.05, 0.1) is 16.6 Å². The van der Waals surface area contributed by atoms with E-state index in [0.29, 0.717) is 5.56 Å². The molecule has 5 heteroatoms. The maximum Gasteiger partial charge on any atom is 0.307 e. The standard InChI is InChI=1S/C11H14O4S/c1-8(2)16(14,15)10-5-3-9(4-6-10)7-11(12)13/h3-6,8H,7H2,1-2H3,(H,12,13). The normalized spacial score (nSPS) is 11.7. The molecule has 0 atom stereocenters. The van der Waals surface area contributed by atoms with E-state index in [1.165, 1.54) is 24.3 Å². The summed E-state index contributed by atoms with van der Waals surface area (Å²) < 4.78 is 23.5. The lowest BCUT2D eigenvalue weighted by Gasteiger charge is -2.07. The Balaban J connectivity index is 3.00. The Bertz CT molecular complexity index is 471. The van der Waals surface area contributed by atoms with Crippen LogP contribution in [0.1, 0.15) is 19.4 Å². The third-order valence-electron chi connectivity index (χ3n) is 2.23. The highest BCUT2D eigenvalue weighted by molar-refractivity contribution is 7.92. The summed E-state index contributed by atoms with van der Waals surface area (Å²) >= 11 is 0. The average Bonchev–Trinajstić information content (AvgIpc) is 2.17. The zero-order valence-electron chi connectivity index (χ0n) is 9.17. The summed E-state index contributed by atoms with van der Waals surface area (Å²) in [6.45, 7) is 3.22. The lowest BCUT2D eigenvalue weighted by molar-refractivity contribution is -0.136. The Labute approximate surface area is 94.8 Å². The zero-order valence-corrected chi connectivity index (χ0v) is 9.99. The van der Waals surface area contributed by atoms with Crippen molar-refractivity contribution in [3.05, 3.63) is 29.8 Å². The van der Waals surface area contributed by atoms with Gasteiger partial charge >= 0.3 is 5.97 Å². The minimum Gasteiger partial charge on any atom is -0.481 e. The van der Waals surface area contributed by atoms with E-state index in [1.54, 1.807) is 13.8 Å². The third kappa shape index (κ3) is 2.82. The van der Waals surface area contributed by atoms with Gasteiger partial charge in [-0.1, -0.05) is 12.1 Å². The molecule has 0 amide bonds. The molecule has 0 heterocycles. The molecule has 0 bridgehead atoms. The third-order valence-corrected chi connectivity index (χ3v) is 4.40. The number of benzene rings is 1. The molecule has 1 rings (SSSR count). The number of sulfone groups is 1. The molecule has 0 aromatic heterocycles. The van der Waals surface area contributed by atoms with E-state index < -0.39 is 21.1 Å². The van der Waals surface area contributed by atoms with Crippen LogP contribution in [0.4, 0.5) is 0 Å². The van der Waals surface area contributed by atoms with Crippen molar-refractivity contribution in [2.75, 3.05) is 0 Å². The molecule has 0 aliphatic rings. The monoisotopic (exact) mass is 242 g/mol. The van der Waals surface area contributed by atoms with Crippen LogP contribution >= 0.6 is 0 Å². The van der Waals surface area contributed by atoms with Crippen molar-refractivity contribution in [2.45, 2.75) is 30.4 Å². The van der Waals surface area contributed by atoms with Crippen molar-refractivity contribution in [1.82, 2.24) is 0 Å². The first kappa shape index (κ1) is 12.7. The summed E-state index contributed by atoms with van der Waals surface area (Å²) in [6, 6.07) is 5.97. The van der Waals surface area contributed by atoms with Gasteiger partial charge in [0.15, 0.2) is 9.84 Å². The van der Waals surface area contributed by atoms with Crippen LogP contribution in [0.5, 0.6) is 0 Å². The van der Waals surface area contributed by atoms with E-state index in [4.69, 9.17) is 5.11 Å². The molecule has 0 saturated heterocycles. The SMILES string of the molecule is CC(C)S(=O)(=O)c1ccc(CC(=O)O)cc1. The molecular formula is C11H14O4S. The van der Waals surface area contributed by atoms with Gasteiger partial charge in [-0.05, 0) is 31.5 Å². The van der Waals surface area contributed by atoms with Gasteiger partial charge in [-0.25, -0.2) is 8.42 Å². The van der Waals surface area contributed by atoms with Crippen LogP contribution in [-0.2, 0) is 21.1 Å². The van der Waals surface area contributed by atoms with Crippen LogP contribution in [0, 0.1) is 0 Å². The first-order valence-corrected chi connectivity index (χ1v) is 6.43. The molecule has 0 aliphatic heterocycles. The second-order valence-electron chi connectivity index (χ2n) is 3.81. The van der Waals surface area contributed by atoms with Crippen molar-refractivity contribution in [1.29, 1.82) is 0 Å². The molecule has 0 aliphatic carbocycles. The maximum absolute atomic E-state index is 11.7. The summed E-state index contributed by atoms with van der Waals surface area (Å²) in [7, 11) is -3.27. The van der Waals surface area contributed by atoms with Crippen LogP contribution in [0.25, 0.3) is 0 Å².